The number of likely N-dealkylation sites (N-methyl/N-ethyl adjacent to an activating group) is 1. The molecule has 3 N–H and O–H groups in total. The van der Waals surface area contributed by atoms with Crippen molar-refractivity contribution in [3.63, 3.8) is 0 Å². The molecule has 2 rings (SSSR count). The standard InChI is InChI=1S/C15H27N5OS/c1-2-19-6-8-20(9-7-19)5-3-4-17-14(21)10-13-12-22-15(11-16)18-13/h12H,2-11,16H2,1H3,(H,17,21). The molecule has 2 heterocycles. The van der Waals surface area contributed by atoms with Crippen molar-refractivity contribution in [3.8, 4) is 0 Å². The van der Waals surface area contributed by atoms with E-state index in [9.17, 15) is 4.79 Å². The second-order valence-electron chi connectivity index (χ2n) is 5.59. The summed E-state index contributed by atoms with van der Waals surface area (Å²) < 4.78 is 0. The smallest absolute Gasteiger partial charge is 0.226 e. The van der Waals surface area contributed by atoms with Gasteiger partial charge in [-0.25, -0.2) is 4.98 Å². The predicted octanol–water partition coefficient (Wildman–Crippen LogP) is 0.288. The summed E-state index contributed by atoms with van der Waals surface area (Å²) in [5, 5.41) is 5.77. The molecule has 0 bridgehead atoms. The van der Waals surface area contributed by atoms with E-state index in [1.807, 2.05) is 5.38 Å². The predicted molar refractivity (Wildman–Crippen MR) is 89.9 cm³/mol. The van der Waals surface area contributed by atoms with Gasteiger partial charge < -0.3 is 20.9 Å². The molecule has 22 heavy (non-hydrogen) atoms. The Kier molecular flexibility index (Phi) is 7.24. The molecule has 6 nitrogen and oxygen atoms in total. The van der Waals surface area contributed by atoms with Crippen LogP contribution in [0.2, 0.25) is 0 Å². The molecule has 1 aromatic rings. The first-order valence-electron chi connectivity index (χ1n) is 8.06. The SMILES string of the molecule is CCN1CCN(CCCNC(=O)Cc2csc(CN)n2)CC1. The largest absolute Gasteiger partial charge is 0.356 e. The van der Waals surface area contributed by atoms with Gasteiger partial charge in [-0.3, -0.25) is 4.79 Å². The zero-order chi connectivity index (χ0) is 15.8. The van der Waals surface area contributed by atoms with Gasteiger partial charge in [0.1, 0.15) is 5.01 Å². The zero-order valence-electron chi connectivity index (χ0n) is 13.4. The minimum Gasteiger partial charge on any atom is -0.356 e. The zero-order valence-corrected chi connectivity index (χ0v) is 14.2. The van der Waals surface area contributed by atoms with Gasteiger partial charge in [-0.1, -0.05) is 6.92 Å². The molecule has 124 valence electrons. The highest BCUT2D eigenvalue weighted by Gasteiger charge is 2.14. The lowest BCUT2D eigenvalue weighted by Crippen LogP contribution is -2.46. The Morgan fingerprint density at radius 3 is 2.73 bits per heavy atom. The van der Waals surface area contributed by atoms with Crippen LogP contribution in [0.15, 0.2) is 5.38 Å². The van der Waals surface area contributed by atoms with Crippen LogP contribution in [0.25, 0.3) is 0 Å². The number of hydrogen-bond acceptors (Lipinski definition) is 6. The Morgan fingerprint density at radius 2 is 2.09 bits per heavy atom. The van der Waals surface area contributed by atoms with E-state index in [0.717, 1.165) is 62.9 Å². The van der Waals surface area contributed by atoms with E-state index < -0.39 is 0 Å². The molecule has 1 aromatic heterocycles. The van der Waals surface area contributed by atoms with Crippen molar-refractivity contribution < 1.29 is 4.79 Å². The van der Waals surface area contributed by atoms with Crippen molar-refractivity contribution in [2.45, 2.75) is 26.3 Å². The highest BCUT2D eigenvalue weighted by atomic mass is 32.1. The molecule has 0 atom stereocenters. The van der Waals surface area contributed by atoms with Gasteiger partial charge in [0.2, 0.25) is 5.91 Å². The number of hydrogen-bond donors (Lipinski definition) is 2. The number of carbonyl (C=O) groups excluding carboxylic acids is 1. The van der Waals surface area contributed by atoms with Crippen LogP contribution in [0.5, 0.6) is 0 Å². The van der Waals surface area contributed by atoms with Crippen LogP contribution in [0.4, 0.5) is 0 Å². The fourth-order valence-corrected chi connectivity index (χ4v) is 3.28. The second kappa shape index (κ2) is 9.19. The first-order chi connectivity index (χ1) is 10.7. The van der Waals surface area contributed by atoms with Crippen LogP contribution in [-0.2, 0) is 17.8 Å². The molecule has 0 saturated carbocycles. The third kappa shape index (κ3) is 5.64. The maximum Gasteiger partial charge on any atom is 0.226 e. The quantitative estimate of drug-likeness (QED) is 0.672. The first-order valence-corrected chi connectivity index (χ1v) is 8.94. The van der Waals surface area contributed by atoms with E-state index in [0.29, 0.717) is 13.0 Å². The summed E-state index contributed by atoms with van der Waals surface area (Å²) in [6, 6.07) is 0. The van der Waals surface area contributed by atoms with Crippen LogP contribution in [0, 0.1) is 0 Å². The van der Waals surface area contributed by atoms with Gasteiger partial charge in [-0.15, -0.1) is 11.3 Å². The molecule has 1 saturated heterocycles. The van der Waals surface area contributed by atoms with E-state index in [1.165, 1.54) is 11.3 Å². The first kappa shape index (κ1) is 17.3. The number of nitrogens with two attached hydrogens (primary N) is 1. The van der Waals surface area contributed by atoms with Gasteiger partial charge in [0.05, 0.1) is 12.1 Å². The number of nitrogens with zero attached hydrogens (tertiary/aromatic N) is 3. The van der Waals surface area contributed by atoms with Crippen molar-refractivity contribution in [3.05, 3.63) is 16.1 Å². The van der Waals surface area contributed by atoms with Gasteiger partial charge in [-0.2, -0.15) is 0 Å². The molecule has 7 heteroatoms. The van der Waals surface area contributed by atoms with E-state index in [2.05, 4.69) is 27.0 Å². The van der Waals surface area contributed by atoms with E-state index in [4.69, 9.17) is 5.73 Å². The van der Waals surface area contributed by atoms with Gasteiger partial charge >= 0.3 is 0 Å². The number of carbonyl (C=O) groups is 1. The lowest BCUT2D eigenvalue weighted by atomic mass is 10.2. The fourth-order valence-electron chi connectivity index (χ4n) is 2.61. The molecule has 0 spiro atoms. The van der Waals surface area contributed by atoms with E-state index >= 15 is 0 Å². The number of thiazole rings is 1. The van der Waals surface area contributed by atoms with Crippen LogP contribution in [0.1, 0.15) is 24.0 Å². The molecular formula is C15H27N5OS. The molecule has 0 unspecified atom stereocenters. The molecule has 0 radical (unpaired) electrons. The molecule has 1 aliphatic heterocycles. The van der Waals surface area contributed by atoms with Gasteiger partial charge in [0, 0.05) is 44.6 Å². The fraction of sp³-hybridized carbons (Fsp3) is 0.733. The van der Waals surface area contributed by atoms with Gasteiger partial charge in [-0.05, 0) is 19.5 Å². The normalized spacial score (nSPS) is 16.8. The summed E-state index contributed by atoms with van der Waals surface area (Å²) in [5.74, 6) is 0.0460. The lowest BCUT2D eigenvalue weighted by Gasteiger charge is -2.33. The van der Waals surface area contributed by atoms with Crippen LogP contribution in [-0.4, -0.2) is 66.5 Å². The van der Waals surface area contributed by atoms with Crippen LogP contribution >= 0.6 is 11.3 Å². The Morgan fingerprint density at radius 1 is 1.36 bits per heavy atom. The highest BCUT2D eigenvalue weighted by molar-refractivity contribution is 7.09. The second-order valence-corrected chi connectivity index (χ2v) is 6.54. The Balaban J connectivity index is 1.55. The molecule has 1 fully saturated rings. The van der Waals surface area contributed by atoms with Crippen molar-refractivity contribution in [2.75, 3.05) is 45.8 Å². The number of amides is 1. The Hall–Kier alpha value is -1.02. The van der Waals surface area contributed by atoms with Crippen LogP contribution in [0.3, 0.4) is 0 Å². The number of piperazine rings is 1. The summed E-state index contributed by atoms with van der Waals surface area (Å²) >= 11 is 1.51. The monoisotopic (exact) mass is 325 g/mol. The summed E-state index contributed by atoms with van der Waals surface area (Å²) in [5.41, 5.74) is 6.34. The Bertz CT molecular complexity index is 457. The topological polar surface area (TPSA) is 74.5 Å². The summed E-state index contributed by atoms with van der Waals surface area (Å²) in [6.45, 7) is 10.2. The summed E-state index contributed by atoms with van der Waals surface area (Å²) in [7, 11) is 0. The average Bonchev–Trinajstić information content (AvgIpc) is 2.99. The minimum atomic E-state index is 0.0460. The minimum absolute atomic E-state index is 0.0460. The summed E-state index contributed by atoms with van der Waals surface area (Å²) in [4.78, 5) is 21.1. The maximum atomic E-state index is 11.8. The van der Waals surface area contributed by atoms with Crippen molar-refractivity contribution in [1.29, 1.82) is 0 Å². The van der Waals surface area contributed by atoms with E-state index in [-0.39, 0.29) is 5.91 Å². The third-order valence-corrected chi connectivity index (χ3v) is 4.92. The van der Waals surface area contributed by atoms with Gasteiger partial charge in [0.25, 0.3) is 0 Å². The van der Waals surface area contributed by atoms with Crippen LogP contribution < -0.4 is 11.1 Å². The Labute approximate surface area is 136 Å². The molecule has 0 aliphatic carbocycles. The molecular weight excluding hydrogens is 298 g/mol. The number of nitrogens with one attached hydrogen (secondary N) is 1. The molecule has 1 aliphatic rings. The van der Waals surface area contributed by atoms with Gasteiger partial charge in [0.15, 0.2) is 0 Å². The maximum absolute atomic E-state index is 11.8. The molecule has 0 aromatic carbocycles. The van der Waals surface area contributed by atoms with E-state index in [1.54, 1.807) is 0 Å². The summed E-state index contributed by atoms with van der Waals surface area (Å²) in [6.07, 6.45) is 1.36. The van der Waals surface area contributed by atoms with Crippen molar-refractivity contribution in [1.82, 2.24) is 20.1 Å². The lowest BCUT2D eigenvalue weighted by molar-refractivity contribution is -0.120. The molecule has 1 amide bonds. The van der Waals surface area contributed by atoms with Crippen molar-refractivity contribution in [2.24, 2.45) is 5.73 Å². The average molecular weight is 325 g/mol. The van der Waals surface area contributed by atoms with Crippen molar-refractivity contribution >= 4 is 17.2 Å². The third-order valence-electron chi connectivity index (χ3n) is 4.00. The number of aromatic nitrogens is 1. The number of rotatable bonds is 8. The highest BCUT2D eigenvalue weighted by Crippen LogP contribution is 2.09.